The smallest absolute Gasteiger partial charge is 0.305 e. The van der Waals surface area contributed by atoms with Gasteiger partial charge in [0.1, 0.15) is 0 Å². The lowest BCUT2D eigenvalue weighted by molar-refractivity contribution is -0.141. The van der Waals surface area contributed by atoms with Crippen molar-refractivity contribution in [3.8, 4) is 0 Å². The zero-order chi connectivity index (χ0) is 8.77. The summed E-state index contributed by atoms with van der Waals surface area (Å²) in [6, 6.07) is 0. The van der Waals surface area contributed by atoms with Crippen LogP contribution < -0.4 is 5.73 Å². The van der Waals surface area contributed by atoms with Gasteiger partial charge in [-0.3, -0.25) is 4.79 Å². The maximum Gasteiger partial charge on any atom is 0.305 e. The Kier molecular flexibility index (Phi) is 1.65. The first-order chi connectivity index (χ1) is 5.62. The van der Waals surface area contributed by atoms with E-state index in [1.54, 1.807) is 0 Å². The summed E-state index contributed by atoms with van der Waals surface area (Å²) >= 11 is 0. The monoisotopic (exact) mass is 169 g/mol. The Bertz CT molecular complexity index is 217. The van der Waals surface area contributed by atoms with Gasteiger partial charge in [-0.2, -0.15) is 0 Å². The van der Waals surface area contributed by atoms with E-state index in [1.807, 2.05) is 0 Å². The molecule has 2 fully saturated rings. The number of carbonyl (C=O) groups is 1. The topological polar surface area (TPSA) is 63.3 Å². The van der Waals surface area contributed by atoms with Crippen molar-refractivity contribution in [2.75, 3.05) is 0 Å². The fourth-order valence-electron chi connectivity index (χ4n) is 3.00. The Labute approximate surface area is 71.9 Å². The minimum Gasteiger partial charge on any atom is -0.481 e. The molecule has 0 radical (unpaired) electrons. The predicted molar refractivity (Wildman–Crippen MR) is 44.6 cm³/mol. The molecule has 3 atom stereocenters. The molecule has 2 saturated carbocycles. The molecule has 12 heavy (non-hydrogen) atoms. The Morgan fingerprint density at radius 3 is 2.92 bits per heavy atom. The normalized spacial score (nSPS) is 45.1. The van der Waals surface area contributed by atoms with Gasteiger partial charge in [0.25, 0.3) is 0 Å². The zero-order valence-electron chi connectivity index (χ0n) is 7.12. The van der Waals surface area contributed by atoms with Gasteiger partial charge in [0.2, 0.25) is 0 Å². The van der Waals surface area contributed by atoms with Crippen molar-refractivity contribution in [3.05, 3.63) is 0 Å². The summed E-state index contributed by atoms with van der Waals surface area (Å²) in [7, 11) is 0. The van der Waals surface area contributed by atoms with Crippen LogP contribution in [0, 0.1) is 11.8 Å². The quantitative estimate of drug-likeness (QED) is 0.647. The molecule has 3 nitrogen and oxygen atoms in total. The van der Waals surface area contributed by atoms with E-state index in [-0.39, 0.29) is 12.0 Å². The molecule has 0 aromatic carbocycles. The highest BCUT2D eigenvalue weighted by Crippen LogP contribution is 2.53. The van der Waals surface area contributed by atoms with Crippen molar-refractivity contribution >= 4 is 5.97 Å². The summed E-state index contributed by atoms with van der Waals surface area (Å²) in [5, 5.41) is 8.65. The minimum absolute atomic E-state index is 0.161. The van der Waals surface area contributed by atoms with Crippen LogP contribution in [0.4, 0.5) is 0 Å². The van der Waals surface area contributed by atoms with Gasteiger partial charge in [0.05, 0.1) is 6.42 Å². The molecule has 1 unspecified atom stereocenters. The van der Waals surface area contributed by atoms with E-state index in [0.29, 0.717) is 5.92 Å². The molecule has 0 aliphatic heterocycles. The van der Waals surface area contributed by atoms with Gasteiger partial charge < -0.3 is 10.8 Å². The molecule has 0 amide bonds. The second kappa shape index (κ2) is 2.46. The first-order valence-electron chi connectivity index (χ1n) is 4.62. The van der Waals surface area contributed by atoms with E-state index in [0.717, 1.165) is 18.8 Å². The number of hydrogen-bond acceptors (Lipinski definition) is 2. The van der Waals surface area contributed by atoms with Crippen molar-refractivity contribution in [2.45, 2.75) is 37.6 Å². The van der Waals surface area contributed by atoms with Crippen LogP contribution in [0.25, 0.3) is 0 Å². The van der Waals surface area contributed by atoms with Gasteiger partial charge >= 0.3 is 5.97 Å². The molecule has 68 valence electrons. The van der Waals surface area contributed by atoms with Gasteiger partial charge in [-0.25, -0.2) is 0 Å². The molecule has 2 aliphatic rings. The second-order valence-electron chi connectivity index (χ2n) is 4.31. The zero-order valence-corrected chi connectivity index (χ0v) is 7.12. The Balaban J connectivity index is 2.00. The van der Waals surface area contributed by atoms with Crippen LogP contribution in [-0.2, 0) is 4.79 Å². The fraction of sp³-hybridized carbons (Fsp3) is 0.889. The SMILES string of the molecule is NC1(CC(=O)O)C[C@@H]2CCC[C@@H]21. The maximum absolute atomic E-state index is 10.5. The predicted octanol–water partition coefficient (Wildman–Crippen LogP) is 0.979. The van der Waals surface area contributed by atoms with Crippen LogP contribution in [0.5, 0.6) is 0 Å². The van der Waals surface area contributed by atoms with Crippen LogP contribution in [-0.4, -0.2) is 16.6 Å². The summed E-state index contributed by atoms with van der Waals surface area (Å²) in [5.41, 5.74) is 5.65. The molecule has 2 rings (SSSR count). The van der Waals surface area contributed by atoms with E-state index in [2.05, 4.69) is 0 Å². The Hall–Kier alpha value is -0.570. The molecule has 0 saturated heterocycles. The summed E-state index contributed by atoms with van der Waals surface area (Å²) in [5.74, 6) is 0.505. The lowest BCUT2D eigenvalue weighted by Crippen LogP contribution is -2.59. The second-order valence-corrected chi connectivity index (χ2v) is 4.31. The summed E-state index contributed by atoms with van der Waals surface area (Å²) < 4.78 is 0. The van der Waals surface area contributed by atoms with E-state index in [1.165, 1.54) is 12.8 Å². The minimum atomic E-state index is -0.747. The van der Waals surface area contributed by atoms with E-state index < -0.39 is 5.97 Å². The van der Waals surface area contributed by atoms with Crippen LogP contribution in [0.3, 0.4) is 0 Å². The number of aliphatic carboxylic acids is 1. The summed E-state index contributed by atoms with van der Waals surface area (Å²) in [4.78, 5) is 10.5. The van der Waals surface area contributed by atoms with Crippen LogP contribution in [0.15, 0.2) is 0 Å². The molecule has 0 bridgehead atoms. The number of carboxylic acid groups (broad SMARTS) is 1. The first-order valence-corrected chi connectivity index (χ1v) is 4.62. The molecule has 0 spiro atoms. The number of rotatable bonds is 2. The largest absolute Gasteiger partial charge is 0.481 e. The van der Waals surface area contributed by atoms with Gasteiger partial charge in [-0.1, -0.05) is 12.8 Å². The third-order valence-corrected chi connectivity index (χ3v) is 3.52. The number of nitrogens with two attached hydrogens (primary N) is 1. The third kappa shape index (κ3) is 1.04. The lowest BCUT2D eigenvalue weighted by atomic mass is 9.60. The fourth-order valence-corrected chi connectivity index (χ4v) is 3.00. The van der Waals surface area contributed by atoms with Crippen molar-refractivity contribution in [3.63, 3.8) is 0 Å². The van der Waals surface area contributed by atoms with Crippen molar-refractivity contribution in [2.24, 2.45) is 17.6 Å². The highest BCUT2D eigenvalue weighted by molar-refractivity contribution is 5.68. The number of hydrogen-bond donors (Lipinski definition) is 2. The van der Waals surface area contributed by atoms with Gasteiger partial charge in [0, 0.05) is 5.54 Å². The van der Waals surface area contributed by atoms with Crippen LogP contribution in [0.2, 0.25) is 0 Å². The number of fused-ring (bicyclic) bond motifs is 1. The van der Waals surface area contributed by atoms with E-state index in [4.69, 9.17) is 10.8 Å². The average molecular weight is 169 g/mol. The average Bonchev–Trinajstić information content (AvgIpc) is 2.29. The summed E-state index contributed by atoms with van der Waals surface area (Å²) in [6.45, 7) is 0. The first kappa shape index (κ1) is 8.05. The van der Waals surface area contributed by atoms with Crippen LogP contribution in [0.1, 0.15) is 32.1 Å². The Morgan fingerprint density at radius 1 is 1.58 bits per heavy atom. The number of carboxylic acids is 1. The molecule has 2 aliphatic carbocycles. The molecule has 3 heteroatoms. The molecular weight excluding hydrogens is 154 g/mol. The van der Waals surface area contributed by atoms with Crippen molar-refractivity contribution < 1.29 is 9.90 Å². The molecule has 0 aromatic heterocycles. The highest BCUT2D eigenvalue weighted by Gasteiger charge is 2.53. The Morgan fingerprint density at radius 2 is 2.33 bits per heavy atom. The molecule has 0 aromatic rings. The molecule has 3 N–H and O–H groups in total. The molecular formula is C9H15NO2. The van der Waals surface area contributed by atoms with Gasteiger partial charge in [0.15, 0.2) is 0 Å². The van der Waals surface area contributed by atoms with Crippen molar-refractivity contribution in [1.82, 2.24) is 0 Å². The van der Waals surface area contributed by atoms with E-state index >= 15 is 0 Å². The highest BCUT2D eigenvalue weighted by atomic mass is 16.4. The van der Waals surface area contributed by atoms with E-state index in [9.17, 15) is 4.79 Å². The molecule has 0 heterocycles. The van der Waals surface area contributed by atoms with Crippen LogP contribution >= 0.6 is 0 Å². The lowest BCUT2D eigenvalue weighted by Gasteiger charge is -2.49. The standard InChI is InChI=1S/C9H15NO2/c10-9(5-8(11)12)4-6-2-1-3-7(6)9/h6-7H,1-5,10H2,(H,11,12)/t6-,7-,9?/m0/s1. The summed E-state index contributed by atoms with van der Waals surface area (Å²) in [6.07, 6.45) is 4.75. The third-order valence-electron chi connectivity index (χ3n) is 3.52. The van der Waals surface area contributed by atoms with Crippen molar-refractivity contribution in [1.29, 1.82) is 0 Å². The maximum atomic E-state index is 10.5. The van der Waals surface area contributed by atoms with Gasteiger partial charge in [-0.15, -0.1) is 0 Å². The van der Waals surface area contributed by atoms with Gasteiger partial charge in [-0.05, 0) is 24.7 Å².